The van der Waals surface area contributed by atoms with Gasteiger partial charge in [0.1, 0.15) is 18.2 Å². The molecule has 0 aliphatic carbocycles. The number of aryl methyl sites for hydroxylation is 2. The molecule has 4 N–H and O–H groups in total. The summed E-state index contributed by atoms with van der Waals surface area (Å²) >= 11 is 0. The molecule has 5 rings (SSSR count). The summed E-state index contributed by atoms with van der Waals surface area (Å²) in [4.78, 5) is 40.8. The number of aliphatic hydroxyl groups excluding tert-OH is 2. The SMILES string of the molecule is CCCCCCCCCCCCC(OC(=O)CCCCCCCCc1ccc2ccccc2c1)C(=O)N[C@H]1C(O)O[C@H](CO)[C@@H](OS(=O)(=O)O)[C@@H]1OC(=O)CCCCCCCCc1ccc2ccccc2c1. The van der Waals surface area contributed by atoms with Crippen molar-refractivity contribution >= 4 is 49.8 Å². The highest BCUT2D eigenvalue weighted by Crippen LogP contribution is 2.28. The molecule has 0 spiro atoms. The van der Waals surface area contributed by atoms with Crippen LogP contribution in [0.5, 0.6) is 0 Å². The second-order valence-electron chi connectivity index (χ2n) is 19.8. The lowest BCUT2D eigenvalue weighted by molar-refractivity contribution is -0.254. The Morgan fingerprint density at radius 2 is 1.06 bits per heavy atom. The van der Waals surface area contributed by atoms with E-state index in [0.29, 0.717) is 19.3 Å². The van der Waals surface area contributed by atoms with Gasteiger partial charge < -0.3 is 29.7 Å². The van der Waals surface area contributed by atoms with Crippen LogP contribution in [-0.2, 0) is 56.0 Å². The van der Waals surface area contributed by atoms with Gasteiger partial charge in [-0.05, 0) is 84.0 Å². The first-order valence-electron chi connectivity index (χ1n) is 27.2. The van der Waals surface area contributed by atoms with E-state index in [-0.39, 0.29) is 19.3 Å². The zero-order valence-electron chi connectivity index (χ0n) is 42.8. The van der Waals surface area contributed by atoms with Crippen molar-refractivity contribution in [2.24, 2.45) is 0 Å². The van der Waals surface area contributed by atoms with Gasteiger partial charge in [-0.1, -0.05) is 201 Å². The summed E-state index contributed by atoms with van der Waals surface area (Å²) in [6, 6.07) is 28.2. The van der Waals surface area contributed by atoms with Gasteiger partial charge in [-0.2, -0.15) is 8.42 Å². The highest BCUT2D eigenvalue weighted by atomic mass is 32.3. The smallest absolute Gasteiger partial charge is 0.397 e. The van der Waals surface area contributed by atoms with Crippen molar-refractivity contribution in [3.8, 4) is 0 Å². The standard InChI is InChI=1S/C58H83NO12S/c1-2-3-4-5-6-7-8-9-16-21-34-50(68-52(61)35-22-17-12-10-14-19-28-44-37-39-46-30-24-26-32-48(46)41-44)57(63)59-54-56(55(71-72(65,66)67)51(43-60)69-58(54)64)70-53(62)36-23-18-13-11-15-20-29-45-38-40-47-31-25-27-33-49(47)42-45/h24-27,30-33,37-42,50-51,54-56,58,60,64H,2-23,28-29,34-36,43H2,1H3,(H,59,63)(H,65,66,67)/t50?,51-,54-,55-,56-,58?/m1/s1. The monoisotopic (exact) mass is 1020 g/mol. The van der Waals surface area contributed by atoms with E-state index < -0.39 is 71.6 Å². The van der Waals surface area contributed by atoms with Crippen LogP contribution < -0.4 is 5.32 Å². The largest absolute Gasteiger partial charge is 0.457 e. The first-order chi connectivity index (χ1) is 34.9. The van der Waals surface area contributed by atoms with Crippen molar-refractivity contribution in [3.05, 3.63) is 96.1 Å². The predicted octanol–water partition coefficient (Wildman–Crippen LogP) is 11.8. The van der Waals surface area contributed by atoms with E-state index in [9.17, 15) is 37.6 Å². The van der Waals surface area contributed by atoms with Crippen molar-refractivity contribution in [2.45, 2.75) is 217 Å². The quantitative estimate of drug-likeness (QED) is 0.0192. The van der Waals surface area contributed by atoms with E-state index >= 15 is 0 Å². The number of esters is 2. The molecule has 1 saturated heterocycles. The Kier molecular flexibility index (Phi) is 26.5. The maximum absolute atomic E-state index is 14.1. The molecule has 1 amide bonds. The molecule has 14 heteroatoms. The third-order valence-electron chi connectivity index (χ3n) is 13.9. The van der Waals surface area contributed by atoms with Crippen LogP contribution in [0.3, 0.4) is 0 Å². The summed E-state index contributed by atoms with van der Waals surface area (Å²) in [6.45, 7) is 1.32. The number of benzene rings is 4. The number of ether oxygens (including phenoxy) is 3. The molecule has 0 bridgehead atoms. The lowest BCUT2D eigenvalue weighted by atomic mass is 9.96. The number of hydrogen-bond donors (Lipinski definition) is 4. The third-order valence-corrected chi connectivity index (χ3v) is 14.3. The van der Waals surface area contributed by atoms with Crippen LogP contribution in [-0.4, -0.2) is 84.4 Å². The van der Waals surface area contributed by atoms with Gasteiger partial charge in [0.05, 0.1) is 6.61 Å². The summed E-state index contributed by atoms with van der Waals surface area (Å²) in [5.41, 5.74) is 2.62. The topological polar surface area (TPSA) is 195 Å². The van der Waals surface area contributed by atoms with Gasteiger partial charge >= 0.3 is 22.3 Å². The Morgan fingerprint density at radius 3 is 1.56 bits per heavy atom. The molecule has 1 aliphatic heterocycles. The van der Waals surface area contributed by atoms with E-state index in [1.165, 1.54) is 64.8 Å². The maximum atomic E-state index is 14.1. The average Bonchev–Trinajstić information content (AvgIpc) is 3.36. The number of hydrogen-bond acceptors (Lipinski definition) is 11. The summed E-state index contributed by atoms with van der Waals surface area (Å²) in [6.07, 6.45) is 15.2. The zero-order valence-corrected chi connectivity index (χ0v) is 43.6. The maximum Gasteiger partial charge on any atom is 0.397 e. The predicted molar refractivity (Wildman–Crippen MR) is 282 cm³/mol. The molecule has 1 heterocycles. The second kappa shape index (κ2) is 32.7. The van der Waals surface area contributed by atoms with E-state index in [1.807, 2.05) is 18.2 Å². The lowest BCUT2D eigenvalue weighted by Crippen LogP contribution is -2.67. The second-order valence-corrected chi connectivity index (χ2v) is 20.8. The van der Waals surface area contributed by atoms with E-state index in [2.05, 4.69) is 79.0 Å². The minimum absolute atomic E-state index is 0.0576. The molecule has 1 aliphatic rings. The van der Waals surface area contributed by atoms with Gasteiger partial charge in [0, 0.05) is 12.8 Å². The van der Waals surface area contributed by atoms with E-state index in [4.69, 9.17) is 18.4 Å². The molecular formula is C58H83NO12S. The van der Waals surface area contributed by atoms with Crippen molar-refractivity contribution in [1.29, 1.82) is 0 Å². The molecule has 4 aromatic rings. The third kappa shape index (κ3) is 21.6. The van der Waals surface area contributed by atoms with Gasteiger partial charge in [-0.25, -0.2) is 4.18 Å². The van der Waals surface area contributed by atoms with Gasteiger partial charge in [-0.3, -0.25) is 18.9 Å². The first-order valence-corrected chi connectivity index (χ1v) is 28.6. The molecule has 0 saturated carbocycles. The van der Waals surface area contributed by atoms with Gasteiger partial charge in [0.15, 0.2) is 18.5 Å². The molecule has 2 unspecified atom stereocenters. The van der Waals surface area contributed by atoms with E-state index in [1.54, 1.807) is 0 Å². The van der Waals surface area contributed by atoms with Gasteiger partial charge in [0.2, 0.25) is 0 Å². The number of fused-ring (bicyclic) bond motifs is 2. The summed E-state index contributed by atoms with van der Waals surface area (Å²) in [7, 11) is -5.21. The first kappa shape index (κ1) is 58.4. The molecule has 0 radical (unpaired) electrons. The number of rotatable bonds is 36. The normalized spacial score (nSPS) is 18.5. The van der Waals surface area contributed by atoms with E-state index in [0.717, 1.165) is 103 Å². The molecule has 0 aromatic heterocycles. The number of aliphatic hydroxyl groups is 2. The van der Waals surface area contributed by atoms with Crippen LogP contribution in [0.2, 0.25) is 0 Å². The molecule has 1 fully saturated rings. The average molecular weight is 1020 g/mol. The summed E-state index contributed by atoms with van der Waals surface area (Å²) in [5.74, 6) is -2.10. The highest BCUT2D eigenvalue weighted by molar-refractivity contribution is 7.80. The van der Waals surface area contributed by atoms with Crippen molar-refractivity contribution in [2.75, 3.05) is 6.61 Å². The molecule has 13 nitrogen and oxygen atoms in total. The van der Waals surface area contributed by atoms with Gasteiger partial charge in [-0.15, -0.1) is 0 Å². The number of unbranched alkanes of at least 4 members (excludes halogenated alkanes) is 19. The summed E-state index contributed by atoms with van der Waals surface area (Å²) in [5, 5.41) is 28.8. The fourth-order valence-corrected chi connectivity index (χ4v) is 10.3. The fraction of sp³-hybridized carbons (Fsp3) is 0.603. The Bertz CT molecular complexity index is 2320. The van der Waals surface area contributed by atoms with Crippen LogP contribution in [0, 0.1) is 0 Å². The number of amides is 1. The number of nitrogens with one attached hydrogen (secondary N) is 1. The van der Waals surface area contributed by atoms with Crippen molar-refractivity contribution < 1.29 is 56.0 Å². The van der Waals surface area contributed by atoms with Crippen LogP contribution >= 0.6 is 0 Å². The molecule has 4 aromatic carbocycles. The highest BCUT2D eigenvalue weighted by Gasteiger charge is 2.51. The van der Waals surface area contributed by atoms with Crippen molar-refractivity contribution in [3.63, 3.8) is 0 Å². The molecule has 72 heavy (non-hydrogen) atoms. The Balaban J connectivity index is 1.11. The Hall–Kier alpha value is -4.44. The molecular weight excluding hydrogens is 935 g/mol. The lowest BCUT2D eigenvalue weighted by Gasteiger charge is -2.43. The minimum Gasteiger partial charge on any atom is -0.457 e. The summed E-state index contributed by atoms with van der Waals surface area (Å²) < 4.78 is 55.8. The minimum atomic E-state index is -5.21. The van der Waals surface area contributed by atoms with Crippen LogP contribution in [0.4, 0.5) is 0 Å². The van der Waals surface area contributed by atoms with Crippen LogP contribution in [0.25, 0.3) is 21.5 Å². The van der Waals surface area contributed by atoms with Crippen LogP contribution in [0.15, 0.2) is 84.9 Å². The molecule has 398 valence electrons. The van der Waals surface area contributed by atoms with Crippen LogP contribution in [0.1, 0.15) is 179 Å². The Labute approximate surface area is 429 Å². The van der Waals surface area contributed by atoms with Gasteiger partial charge in [0.25, 0.3) is 5.91 Å². The Morgan fingerprint density at radius 1 is 0.597 bits per heavy atom. The van der Waals surface area contributed by atoms with Crippen molar-refractivity contribution in [1.82, 2.24) is 5.32 Å². The number of carbonyl (C=O) groups excluding carboxylic acids is 3. The number of carbonyl (C=O) groups is 3. The zero-order chi connectivity index (χ0) is 51.4. The fourth-order valence-electron chi connectivity index (χ4n) is 9.76. The molecule has 6 atom stereocenters.